The number of anilines is 6. The van der Waals surface area contributed by atoms with Gasteiger partial charge in [0.15, 0.2) is 0 Å². The maximum absolute atomic E-state index is 6.94. The Labute approximate surface area is 426 Å². The lowest BCUT2D eigenvalue weighted by Crippen LogP contribution is -2.10. The lowest BCUT2D eigenvalue weighted by atomic mass is 9.93. The average Bonchev–Trinajstić information content (AvgIpc) is 4.03. The van der Waals surface area contributed by atoms with Gasteiger partial charge in [-0.3, -0.25) is 0 Å². The molecule has 2 aromatic heterocycles. The molecule has 0 saturated carbocycles. The third-order valence-corrected chi connectivity index (χ3v) is 15.0. The van der Waals surface area contributed by atoms with E-state index in [2.05, 4.69) is 277 Å². The first-order valence-electron chi connectivity index (χ1n) is 25.2. The van der Waals surface area contributed by atoms with Gasteiger partial charge in [-0.1, -0.05) is 182 Å². The van der Waals surface area contributed by atoms with Crippen LogP contribution in [0.1, 0.15) is 0 Å². The SMILES string of the molecule is c1ccc(N(c2ccc(-c3cc4oc5cc6c(cc5c4c4ccccc34)oc3cc(-c4ccc(N(c5ccccc5)c5cccc7ccccc57)cc4)c4ccccc4c36)cc2)c2cccc3ccccc23)cc1. The largest absolute Gasteiger partial charge is 0.456 e. The first-order valence-corrected chi connectivity index (χ1v) is 25.2. The summed E-state index contributed by atoms with van der Waals surface area (Å²) in [5, 5.41) is 13.7. The van der Waals surface area contributed by atoms with E-state index in [0.29, 0.717) is 0 Å². The molecule has 0 aliphatic rings. The van der Waals surface area contributed by atoms with E-state index in [9.17, 15) is 0 Å². The van der Waals surface area contributed by atoms with Crippen LogP contribution < -0.4 is 9.80 Å². The zero-order valence-electron chi connectivity index (χ0n) is 40.1. The molecule has 15 aromatic rings. The summed E-state index contributed by atoms with van der Waals surface area (Å²) >= 11 is 0. The quantitative estimate of drug-likeness (QED) is 0.152. The number of hydrogen-bond acceptors (Lipinski definition) is 4. The number of hydrogen-bond donors (Lipinski definition) is 0. The number of para-hydroxylation sites is 2. The molecule has 346 valence electrons. The summed E-state index contributed by atoms with van der Waals surface area (Å²) in [6.45, 7) is 0. The molecule has 0 spiro atoms. The Morgan fingerprint density at radius 1 is 0.230 bits per heavy atom. The average molecular weight is 945 g/mol. The van der Waals surface area contributed by atoms with Crippen LogP contribution in [0.4, 0.5) is 34.1 Å². The van der Waals surface area contributed by atoms with Crippen LogP contribution in [0.15, 0.2) is 276 Å². The predicted molar refractivity (Wildman–Crippen MR) is 311 cm³/mol. The number of nitrogens with zero attached hydrogens (tertiary/aromatic N) is 2. The van der Waals surface area contributed by atoms with E-state index in [1.54, 1.807) is 0 Å². The molecule has 0 radical (unpaired) electrons. The van der Waals surface area contributed by atoms with E-state index >= 15 is 0 Å². The van der Waals surface area contributed by atoms with Crippen molar-refractivity contribution in [2.24, 2.45) is 0 Å². The molecule has 4 nitrogen and oxygen atoms in total. The number of fused-ring (bicyclic) bond motifs is 12. The Morgan fingerprint density at radius 2 is 0.568 bits per heavy atom. The smallest absolute Gasteiger partial charge is 0.136 e. The minimum absolute atomic E-state index is 0.833. The molecular formula is C70H44N2O2. The van der Waals surface area contributed by atoms with Crippen LogP contribution in [-0.4, -0.2) is 0 Å². The molecule has 0 aliphatic heterocycles. The third kappa shape index (κ3) is 6.69. The second-order valence-electron chi connectivity index (χ2n) is 19.2. The van der Waals surface area contributed by atoms with Gasteiger partial charge in [-0.25, -0.2) is 0 Å². The van der Waals surface area contributed by atoms with Crippen molar-refractivity contribution in [3.8, 4) is 22.3 Å². The summed E-state index contributed by atoms with van der Waals surface area (Å²) in [4.78, 5) is 4.70. The van der Waals surface area contributed by atoms with E-state index in [0.717, 1.165) is 111 Å². The molecule has 0 fully saturated rings. The van der Waals surface area contributed by atoms with Crippen molar-refractivity contribution in [2.75, 3.05) is 9.80 Å². The lowest BCUT2D eigenvalue weighted by Gasteiger charge is -2.27. The summed E-state index contributed by atoms with van der Waals surface area (Å²) in [6, 6.07) is 95.6. The molecule has 0 saturated heterocycles. The fourth-order valence-electron chi connectivity index (χ4n) is 11.6. The second-order valence-corrected chi connectivity index (χ2v) is 19.2. The molecule has 15 rings (SSSR count). The summed E-state index contributed by atoms with van der Waals surface area (Å²) in [6.07, 6.45) is 0. The van der Waals surface area contributed by atoms with Gasteiger partial charge in [0.2, 0.25) is 0 Å². The molecule has 0 bridgehead atoms. The summed E-state index contributed by atoms with van der Waals surface area (Å²) in [5.41, 5.74) is 14.5. The van der Waals surface area contributed by atoms with Crippen molar-refractivity contribution >= 4 is 121 Å². The van der Waals surface area contributed by atoms with Crippen LogP contribution in [-0.2, 0) is 0 Å². The highest BCUT2D eigenvalue weighted by Gasteiger charge is 2.22. The van der Waals surface area contributed by atoms with E-state index in [1.807, 2.05) is 0 Å². The zero-order chi connectivity index (χ0) is 48.7. The molecular weight excluding hydrogens is 901 g/mol. The Bertz CT molecular complexity index is 4340. The number of benzene rings is 13. The Morgan fingerprint density at radius 3 is 0.986 bits per heavy atom. The normalized spacial score (nSPS) is 11.8. The van der Waals surface area contributed by atoms with E-state index < -0.39 is 0 Å². The Hall–Kier alpha value is -9.90. The van der Waals surface area contributed by atoms with Crippen molar-refractivity contribution in [2.45, 2.75) is 0 Å². The Kier molecular flexibility index (Phi) is 9.54. The Balaban J connectivity index is 0.830. The van der Waals surface area contributed by atoms with Gasteiger partial charge in [0, 0.05) is 55.1 Å². The number of rotatable bonds is 8. The highest BCUT2D eigenvalue weighted by molar-refractivity contribution is 6.27. The van der Waals surface area contributed by atoms with Gasteiger partial charge in [-0.05, 0) is 140 Å². The van der Waals surface area contributed by atoms with Crippen molar-refractivity contribution in [3.63, 3.8) is 0 Å². The molecule has 0 atom stereocenters. The van der Waals surface area contributed by atoms with Gasteiger partial charge in [0.25, 0.3) is 0 Å². The summed E-state index contributed by atoms with van der Waals surface area (Å²) in [5.74, 6) is 0. The first-order chi connectivity index (χ1) is 36.7. The van der Waals surface area contributed by atoms with Crippen molar-refractivity contribution in [1.82, 2.24) is 0 Å². The van der Waals surface area contributed by atoms with Gasteiger partial charge in [-0.2, -0.15) is 0 Å². The minimum atomic E-state index is 0.833. The zero-order valence-corrected chi connectivity index (χ0v) is 40.1. The monoisotopic (exact) mass is 944 g/mol. The maximum atomic E-state index is 6.94. The first kappa shape index (κ1) is 41.8. The van der Waals surface area contributed by atoms with Crippen LogP contribution in [0.3, 0.4) is 0 Å². The predicted octanol–water partition coefficient (Wildman–Crippen LogP) is 20.4. The minimum Gasteiger partial charge on any atom is -0.456 e. The topological polar surface area (TPSA) is 32.8 Å². The molecule has 0 N–H and O–H groups in total. The van der Waals surface area contributed by atoms with Crippen LogP contribution in [0.25, 0.3) is 109 Å². The standard InChI is InChI=1S/C70H44N2O2/c1-3-21-49(22-4-1)71(63-31-15-19-45-17-7-9-25-53(45)63)51-37-33-47(34-38-51)59-41-67-69(57-29-13-11-27-55(57)59)61-43-66-62(44-65(61)73-67)70-58-30-14-12-28-56(58)60(42-68(70)74-66)48-35-39-52(40-36-48)72(50-23-5-2-6-24-50)64-32-16-20-46-18-8-10-26-54(46)64/h1-44H. The summed E-state index contributed by atoms with van der Waals surface area (Å²) in [7, 11) is 0. The van der Waals surface area contributed by atoms with Crippen LogP contribution in [0, 0.1) is 0 Å². The van der Waals surface area contributed by atoms with Gasteiger partial charge < -0.3 is 18.6 Å². The van der Waals surface area contributed by atoms with Gasteiger partial charge in [0.1, 0.15) is 22.3 Å². The van der Waals surface area contributed by atoms with Crippen molar-refractivity contribution < 1.29 is 8.83 Å². The maximum Gasteiger partial charge on any atom is 0.136 e. The lowest BCUT2D eigenvalue weighted by molar-refractivity contribution is 0.664. The molecule has 13 aromatic carbocycles. The van der Waals surface area contributed by atoms with Crippen LogP contribution in [0.5, 0.6) is 0 Å². The molecule has 74 heavy (non-hydrogen) atoms. The molecule has 4 heteroatoms. The van der Waals surface area contributed by atoms with Gasteiger partial charge >= 0.3 is 0 Å². The molecule has 0 amide bonds. The molecule has 0 aliphatic carbocycles. The summed E-state index contributed by atoms with van der Waals surface area (Å²) < 4.78 is 13.9. The van der Waals surface area contributed by atoms with E-state index in [1.165, 1.54) is 32.3 Å². The van der Waals surface area contributed by atoms with E-state index in [-0.39, 0.29) is 0 Å². The fraction of sp³-hybridized carbons (Fsp3) is 0. The van der Waals surface area contributed by atoms with Crippen LogP contribution >= 0.6 is 0 Å². The van der Waals surface area contributed by atoms with Crippen molar-refractivity contribution in [3.05, 3.63) is 267 Å². The molecule has 2 heterocycles. The molecule has 0 unspecified atom stereocenters. The van der Waals surface area contributed by atoms with E-state index in [4.69, 9.17) is 8.83 Å². The van der Waals surface area contributed by atoms with Gasteiger partial charge in [-0.15, -0.1) is 0 Å². The van der Waals surface area contributed by atoms with Crippen molar-refractivity contribution in [1.29, 1.82) is 0 Å². The highest BCUT2D eigenvalue weighted by atomic mass is 16.3. The fourth-order valence-corrected chi connectivity index (χ4v) is 11.6. The number of furan rings is 2. The van der Waals surface area contributed by atoms with Crippen LogP contribution in [0.2, 0.25) is 0 Å². The van der Waals surface area contributed by atoms with Gasteiger partial charge in [0.05, 0.1) is 11.4 Å². The highest BCUT2D eigenvalue weighted by Crippen LogP contribution is 2.47. The third-order valence-electron chi connectivity index (χ3n) is 15.0. The second kappa shape index (κ2) is 16.9.